The topological polar surface area (TPSA) is 189 Å². The van der Waals surface area contributed by atoms with Crippen molar-refractivity contribution in [1.82, 2.24) is 10.2 Å². The fourth-order valence-electron chi connectivity index (χ4n) is 8.00. The Morgan fingerprint density at radius 1 is 0.980 bits per heavy atom. The molecule has 294 valence electrons. The highest BCUT2D eigenvalue weighted by atomic mass is 16.7. The number of rotatable bonds is 7. The van der Waals surface area contributed by atoms with Crippen LogP contribution in [0, 0.1) is 11.8 Å². The molecule has 3 rings (SSSR count). The van der Waals surface area contributed by atoms with E-state index in [0.29, 0.717) is 19.4 Å². The first-order chi connectivity index (χ1) is 23.1. The van der Waals surface area contributed by atoms with Crippen molar-refractivity contribution in [3.63, 3.8) is 0 Å². The molecular weight excluding hydrogens is 652 g/mol. The summed E-state index contributed by atoms with van der Waals surface area (Å²) in [6.45, 7) is 15.8. The van der Waals surface area contributed by atoms with E-state index in [1.54, 1.807) is 41.5 Å². The molecule has 14 heteroatoms. The van der Waals surface area contributed by atoms with Gasteiger partial charge in [0.2, 0.25) is 0 Å². The minimum Gasteiger partial charge on any atom is -0.459 e. The number of likely N-dealkylation sites (N-methyl/N-ethyl adjacent to an activating group) is 1. The smallest absolute Gasteiger partial charge is 0.311 e. The molecule has 0 radical (unpaired) electrons. The van der Waals surface area contributed by atoms with Crippen molar-refractivity contribution < 1.29 is 58.7 Å². The van der Waals surface area contributed by atoms with Gasteiger partial charge in [-0.3, -0.25) is 4.79 Å². The van der Waals surface area contributed by atoms with Crippen LogP contribution in [0.25, 0.3) is 0 Å². The summed E-state index contributed by atoms with van der Waals surface area (Å²) in [6, 6.07) is -0.836. The molecule has 0 aromatic carbocycles. The van der Waals surface area contributed by atoms with Gasteiger partial charge in [0.1, 0.15) is 30.0 Å². The highest BCUT2D eigenvalue weighted by molar-refractivity contribution is 5.73. The van der Waals surface area contributed by atoms with Gasteiger partial charge in [-0.1, -0.05) is 13.8 Å². The number of esters is 1. The van der Waals surface area contributed by atoms with Crippen molar-refractivity contribution in [2.24, 2.45) is 11.8 Å². The lowest BCUT2D eigenvalue weighted by Crippen LogP contribution is -2.60. The molecule has 3 fully saturated rings. The van der Waals surface area contributed by atoms with E-state index in [-0.39, 0.29) is 31.4 Å². The summed E-state index contributed by atoms with van der Waals surface area (Å²) in [5.74, 6) is -2.43. The van der Waals surface area contributed by atoms with Crippen LogP contribution in [0.15, 0.2) is 0 Å². The summed E-state index contributed by atoms with van der Waals surface area (Å²) in [5, 5.41) is 60.5. The number of nitrogens with one attached hydrogen (secondary N) is 1. The van der Waals surface area contributed by atoms with Crippen molar-refractivity contribution >= 4 is 5.97 Å². The third kappa shape index (κ3) is 9.74. The monoisotopic (exact) mass is 720 g/mol. The van der Waals surface area contributed by atoms with Crippen molar-refractivity contribution in [1.29, 1.82) is 0 Å². The second kappa shape index (κ2) is 17.4. The van der Waals surface area contributed by atoms with Gasteiger partial charge >= 0.3 is 5.97 Å². The van der Waals surface area contributed by atoms with Gasteiger partial charge in [-0.15, -0.1) is 0 Å². The molecule has 3 aliphatic rings. The predicted octanol–water partition coefficient (Wildman–Crippen LogP) is 1.31. The third-order valence-electron chi connectivity index (χ3n) is 11.5. The maximum absolute atomic E-state index is 14.1. The van der Waals surface area contributed by atoms with E-state index in [0.717, 1.165) is 0 Å². The van der Waals surface area contributed by atoms with E-state index in [9.17, 15) is 30.3 Å². The molecule has 0 amide bonds. The van der Waals surface area contributed by atoms with Gasteiger partial charge in [0.05, 0.1) is 41.5 Å². The number of aliphatic hydroxyl groups excluding tert-OH is 3. The first kappa shape index (κ1) is 43.4. The number of carbonyl (C=O) groups excluding carboxylic acids is 1. The first-order valence-corrected chi connectivity index (χ1v) is 18.4. The molecule has 0 aromatic heterocycles. The Hall–Kier alpha value is -1.01. The zero-order chi connectivity index (χ0) is 37.9. The molecule has 17 atom stereocenters. The van der Waals surface area contributed by atoms with Crippen LogP contribution in [-0.4, -0.2) is 154 Å². The van der Waals surface area contributed by atoms with E-state index in [1.165, 1.54) is 14.0 Å². The Morgan fingerprint density at radius 2 is 1.62 bits per heavy atom. The van der Waals surface area contributed by atoms with E-state index in [2.05, 4.69) is 5.32 Å². The number of hydrogen-bond donors (Lipinski definition) is 6. The largest absolute Gasteiger partial charge is 0.459 e. The zero-order valence-electron chi connectivity index (χ0n) is 32.4. The fraction of sp³-hybridized carbons (Fsp3) is 0.972. The maximum Gasteiger partial charge on any atom is 0.311 e. The molecule has 0 saturated carbocycles. The first-order valence-electron chi connectivity index (χ1n) is 18.4. The number of ether oxygens (including phenoxy) is 6. The van der Waals surface area contributed by atoms with Gasteiger partial charge in [0.15, 0.2) is 12.6 Å². The second-order valence-electron chi connectivity index (χ2n) is 16.0. The van der Waals surface area contributed by atoms with Crippen molar-refractivity contribution in [3.8, 4) is 0 Å². The molecule has 3 heterocycles. The highest BCUT2D eigenvalue weighted by Crippen LogP contribution is 2.39. The standard InChI is InChI=1S/C36H68N2O12/c1-13-25-36(9,44)29(40)22(5)37-16-14-15-34(7,43)31(50-33-27(39)24(38(10)11)17-19(2)46-33)20(3)28(21(4)32(42)48-25)49-26-18-35(8,45-12)30(41)23(6)47-26/h19-31,33,37,39-41,43-44H,13-18H2,1-12H3/t19-,20+,21-,22-,23+,24+,25-,26+,27-,28+,29-,30+,31-,33+,34?,35-,36-/m1/s1. The zero-order valence-corrected chi connectivity index (χ0v) is 32.4. The van der Waals surface area contributed by atoms with E-state index in [4.69, 9.17) is 28.4 Å². The molecule has 3 saturated heterocycles. The van der Waals surface area contributed by atoms with Crippen molar-refractivity contribution in [3.05, 3.63) is 0 Å². The van der Waals surface area contributed by atoms with Crippen LogP contribution in [0.2, 0.25) is 0 Å². The predicted molar refractivity (Wildman–Crippen MR) is 185 cm³/mol. The van der Waals surface area contributed by atoms with Gasteiger partial charge < -0.3 is 64.2 Å². The summed E-state index contributed by atoms with van der Waals surface area (Å²) in [6.07, 6.45) is -7.65. The van der Waals surface area contributed by atoms with Gasteiger partial charge in [-0.05, 0) is 94.8 Å². The normalized spacial score (nSPS) is 49.2. The molecule has 6 N–H and O–H groups in total. The molecule has 50 heavy (non-hydrogen) atoms. The second-order valence-corrected chi connectivity index (χ2v) is 16.0. The van der Waals surface area contributed by atoms with Gasteiger partial charge in [0, 0.05) is 31.5 Å². The van der Waals surface area contributed by atoms with Crippen LogP contribution in [-0.2, 0) is 33.2 Å². The summed E-state index contributed by atoms with van der Waals surface area (Å²) in [4.78, 5) is 16.0. The summed E-state index contributed by atoms with van der Waals surface area (Å²) in [5.41, 5.74) is -4.33. The van der Waals surface area contributed by atoms with E-state index >= 15 is 0 Å². The number of carbonyl (C=O) groups is 1. The Balaban J connectivity index is 2.11. The highest BCUT2D eigenvalue weighted by Gasteiger charge is 2.52. The lowest BCUT2D eigenvalue weighted by atomic mass is 9.79. The average Bonchev–Trinajstić information content (AvgIpc) is 3.04. The fourth-order valence-corrected chi connectivity index (χ4v) is 8.00. The van der Waals surface area contributed by atoms with Crippen LogP contribution in [0.5, 0.6) is 0 Å². The minimum atomic E-state index is -1.79. The van der Waals surface area contributed by atoms with E-state index < -0.39 is 96.0 Å². The summed E-state index contributed by atoms with van der Waals surface area (Å²) in [7, 11) is 5.26. The number of aliphatic hydroxyl groups is 5. The Morgan fingerprint density at radius 3 is 2.20 bits per heavy atom. The van der Waals surface area contributed by atoms with Crippen LogP contribution >= 0.6 is 0 Å². The quantitative estimate of drug-likeness (QED) is 0.207. The van der Waals surface area contributed by atoms with Gasteiger partial charge in [-0.25, -0.2) is 0 Å². The number of methoxy groups -OCH3 is 1. The molecule has 1 unspecified atom stereocenters. The SMILES string of the molecule is CC[C@H]1OC(=O)[C@H](C)[C@@H](O[C@H]2C[C@@](C)(OC)[C@@H](O)[C@H](C)O2)[C@H](C)[C@@H](O[C@@H]2O[C@H](C)C[C@H](N(C)C)[C@H]2O)C(C)(O)CCCN[C@H](C)[C@@H](O)[C@]1(C)O. The molecule has 0 aromatic rings. The Labute approximate surface area is 299 Å². The molecule has 0 spiro atoms. The molecule has 0 aliphatic carbocycles. The lowest BCUT2D eigenvalue weighted by molar-refractivity contribution is -0.317. The summed E-state index contributed by atoms with van der Waals surface area (Å²) < 4.78 is 37.2. The van der Waals surface area contributed by atoms with Gasteiger partial charge in [0.25, 0.3) is 0 Å². The van der Waals surface area contributed by atoms with E-state index in [1.807, 2.05) is 32.8 Å². The number of cyclic esters (lactones) is 1. The maximum atomic E-state index is 14.1. The third-order valence-corrected chi connectivity index (χ3v) is 11.5. The molecule has 14 nitrogen and oxygen atoms in total. The summed E-state index contributed by atoms with van der Waals surface area (Å²) >= 11 is 0. The Kier molecular flexibility index (Phi) is 15.1. The minimum absolute atomic E-state index is 0.135. The van der Waals surface area contributed by atoms with Crippen LogP contribution in [0.4, 0.5) is 0 Å². The van der Waals surface area contributed by atoms with Crippen LogP contribution in [0.3, 0.4) is 0 Å². The average molecular weight is 721 g/mol. The molecule has 3 aliphatic heterocycles. The lowest BCUT2D eigenvalue weighted by Gasteiger charge is -2.48. The van der Waals surface area contributed by atoms with Gasteiger partial charge in [-0.2, -0.15) is 0 Å². The van der Waals surface area contributed by atoms with Crippen molar-refractivity contribution in [2.75, 3.05) is 27.7 Å². The van der Waals surface area contributed by atoms with Crippen LogP contribution in [0.1, 0.15) is 94.4 Å². The molecule has 0 bridgehead atoms. The number of nitrogens with zero attached hydrogens (tertiary/aromatic N) is 1. The Bertz CT molecular complexity index is 1080. The van der Waals surface area contributed by atoms with Crippen LogP contribution < -0.4 is 5.32 Å². The molecular formula is C36H68N2O12. The van der Waals surface area contributed by atoms with Crippen molar-refractivity contribution in [2.45, 2.75) is 185 Å². The number of hydrogen-bond acceptors (Lipinski definition) is 14.